The highest BCUT2D eigenvalue weighted by atomic mass is 19.2. The maximum Gasteiger partial charge on any atom is 0.184 e. The molecule has 0 amide bonds. The minimum absolute atomic E-state index is 0.0982. The number of hydrogen-bond donors (Lipinski definition) is 1. The summed E-state index contributed by atoms with van der Waals surface area (Å²) in [6.45, 7) is 4.00. The lowest BCUT2D eigenvalue weighted by Gasteiger charge is -1.99. The first-order valence-electron chi connectivity index (χ1n) is 3.62. The summed E-state index contributed by atoms with van der Waals surface area (Å²) in [4.78, 5) is 0. The molecule has 0 aliphatic heterocycles. The SMILES string of the molecule is CC.Nc1c(F)c(F)cc(F)c1F. The van der Waals surface area contributed by atoms with Gasteiger partial charge in [0.15, 0.2) is 23.3 Å². The molecule has 0 aliphatic rings. The zero-order valence-electron chi connectivity index (χ0n) is 7.17. The molecule has 13 heavy (non-hydrogen) atoms. The number of hydrogen-bond acceptors (Lipinski definition) is 1. The second-order valence-corrected chi connectivity index (χ2v) is 1.88. The fourth-order valence-corrected chi connectivity index (χ4v) is 0.592. The number of benzene rings is 1. The minimum Gasteiger partial charge on any atom is -0.394 e. The molecular weight excluding hydrogens is 186 g/mol. The van der Waals surface area contributed by atoms with Crippen LogP contribution in [-0.2, 0) is 0 Å². The van der Waals surface area contributed by atoms with Gasteiger partial charge >= 0.3 is 0 Å². The van der Waals surface area contributed by atoms with Gasteiger partial charge in [0.1, 0.15) is 5.69 Å². The zero-order valence-corrected chi connectivity index (χ0v) is 7.17. The van der Waals surface area contributed by atoms with Crippen molar-refractivity contribution in [3.63, 3.8) is 0 Å². The molecule has 0 heterocycles. The number of nitrogen functional groups attached to an aromatic ring is 1. The summed E-state index contributed by atoms with van der Waals surface area (Å²) < 4.78 is 48.8. The molecule has 74 valence electrons. The van der Waals surface area contributed by atoms with Gasteiger partial charge in [0.2, 0.25) is 0 Å². The number of anilines is 1. The van der Waals surface area contributed by atoms with E-state index in [0.717, 1.165) is 0 Å². The van der Waals surface area contributed by atoms with E-state index in [4.69, 9.17) is 0 Å². The average molecular weight is 195 g/mol. The van der Waals surface area contributed by atoms with Crippen LogP contribution in [-0.4, -0.2) is 0 Å². The van der Waals surface area contributed by atoms with Crippen molar-refractivity contribution in [2.24, 2.45) is 0 Å². The van der Waals surface area contributed by atoms with Crippen molar-refractivity contribution < 1.29 is 17.6 Å². The fourth-order valence-electron chi connectivity index (χ4n) is 0.592. The Morgan fingerprint density at radius 2 is 1.23 bits per heavy atom. The molecule has 0 unspecified atom stereocenters. The van der Waals surface area contributed by atoms with E-state index < -0.39 is 29.0 Å². The van der Waals surface area contributed by atoms with Crippen LogP contribution in [0.15, 0.2) is 6.07 Å². The van der Waals surface area contributed by atoms with Gasteiger partial charge in [-0.05, 0) is 0 Å². The van der Waals surface area contributed by atoms with Crippen LogP contribution in [0.25, 0.3) is 0 Å². The minimum atomic E-state index is -1.57. The number of halogens is 4. The Bertz CT molecular complexity index is 272. The first-order valence-corrected chi connectivity index (χ1v) is 3.62. The lowest BCUT2D eigenvalue weighted by molar-refractivity contribution is 0.460. The van der Waals surface area contributed by atoms with Gasteiger partial charge in [-0.2, -0.15) is 0 Å². The van der Waals surface area contributed by atoms with Crippen LogP contribution in [0.5, 0.6) is 0 Å². The van der Waals surface area contributed by atoms with E-state index in [1.54, 1.807) is 0 Å². The normalized spacial score (nSPS) is 9.08. The predicted molar refractivity (Wildman–Crippen MR) is 42.0 cm³/mol. The van der Waals surface area contributed by atoms with Crippen molar-refractivity contribution in [2.75, 3.05) is 5.73 Å². The second kappa shape index (κ2) is 4.69. The summed E-state index contributed by atoms with van der Waals surface area (Å²) in [7, 11) is 0. The summed E-state index contributed by atoms with van der Waals surface area (Å²) in [5, 5.41) is 0. The molecule has 0 spiro atoms. The highest BCUT2D eigenvalue weighted by Gasteiger charge is 2.15. The van der Waals surface area contributed by atoms with Crippen molar-refractivity contribution in [1.82, 2.24) is 0 Å². The van der Waals surface area contributed by atoms with Gasteiger partial charge in [0.05, 0.1) is 0 Å². The molecule has 0 saturated carbocycles. The van der Waals surface area contributed by atoms with Crippen LogP contribution < -0.4 is 5.73 Å². The van der Waals surface area contributed by atoms with Gasteiger partial charge in [-0.3, -0.25) is 0 Å². The standard InChI is InChI=1S/C6H3F4N.C2H6/c7-2-1-3(8)5(10)6(11)4(2)9;1-2/h1H,11H2;1-2H3. The van der Waals surface area contributed by atoms with Gasteiger partial charge in [-0.25, -0.2) is 17.6 Å². The van der Waals surface area contributed by atoms with E-state index in [1.165, 1.54) is 0 Å². The Kier molecular flexibility index (Phi) is 4.23. The Morgan fingerprint density at radius 3 is 1.54 bits per heavy atom. The molecule has 0 aromatic heterocycles. The Labute approximate surface area is 73.2 Å². The van der Waals surface area contributed by atoms with Crippen LogP contribution in [0.3, 0.4) is 0 Å². The molecular formula is C8H9F4N. The predicted octanol–water partition coefficient (Wildman–Crippen LogP) is 2.85. The highest BCUT2D eigenvalue weighted by molar-refractivity contribution is 5.41. The van der Waals surface area contributed by atoms with Gasteiger partial charge in [0, 0.05) is 6.07 Å². The molecule has 1 aromatic carbocycles. The van der Waals surface area contributed by atoms with Gasteiger partial charge in [0.25, 0.3) is 0 Å². The lowest BCUT2D eigenvalue weighted by atomic mass is 10.3. The van der Waals surface area contributed by atoms with Gasteiger partial charge < -0.3 is 5.73 Å². The van der Waals surface area contributed by atoms with Crippen LogP contribution in [0, 0.1) is 23.3 Å². The van der Waals surface area contributed by atoms with Crippen molar-refractivity contribution in [3.8, 4) is 0 Å². The van der Waals surface area contributed by atoms with Crippen LogP contribution in [0.1, 0.15) is 13.8 Å². The fraction of sp³-hybridized carbons (Fsp3) is 0.250. The lowest BCUT2D eigenvalue weighted by Crippen LogP contribution is -2.01. The summed E-state index contributed by atoms with van der Waals surface area (Å²) in [5.74, 6) is -6.13. The maximum atomic E-state index is 12.3. The van der Waals surface area contributed by atoms with E-state index in [2.05, 4.69) is 5.73 Å². The Balaban J connectivity index is 0.000000671. The Hall–Kier alpha value is -1.26. The second-order valence-electron chi connectivity index (χ2n) is 1.88. The molecule has 1 rings (SSSR count). The van der Waals surface area contributed by atoms with Crippen molar-refractivity contribution in [1.29, 1.82) is 0 Å². The van der Waals surface area contributed by atoms with Crippen LogP contribution in [0.4, 0.5) is 23.2 Å². The van der Waals surface area contributed by atoms with Crippen LogP contribution in [0.2, 0.25) is 0 Å². The molecule has 0 aliphatic carbocycles. The van der Waals surface area contributed by atoms with E-state index in [9.17, 15) is 17.6 Å². The third-order valence-electron chi connectivity index (χ3n) is 1.15. The van der Waals surface area contributed by atoms with Crippen LogP contribution >= 0.6 is 0 Å². The molecule has 1 nitrogen and oxygen atoms in total. The summed E-state index contributed by atoms with van der Waals surface area (Å²) in [5.41, 5.74) is 3.52. The molecule has 2 N–H and O–H groups in total. The summed E-state index contributed by atoms with van der Waals surface area (Å²) in [6, 6.07) is 0.0982. The topological polar surface area (TPSA) is 26.0 Å². The highest BCUT2D eigenvalue weighted by Crippen LogP contribution is 2.20. The molecule has 0 fully saturated rings. The molecule has 0 atom stereocenters. The van der Waals surface area contributed by atoms with Gasteiger partial charge in [-0.15, -0.1) is 0 Å². The smallest absolute Gasteiger partial charge is 0.184 e. The van der Waals surface area contributed by atoms with Crippen molar-refractivity contribution in [3.05, 3.63) is 29.3 Å². The van der Waals surface area contributed by atoms with E-state index >= 15 is 0 Å². The number of nitrogens with two attached hydrogens (primary N) is 1. The van der Waals surface area contributed by atoms with E-state index in [-0.39, 0.29) is 6.07 Å². The molecule has 0 saturated heterocycles. The quantitative estimate of drug-likeness (QED) is 0.384. The molecule has 1 aromatic rings. The molecule has 0 radical (unpaired) electrons. The summed E-state index contributed by atoms with van der Waals surface area (Å²) in [6.07, 6.45) is 0. The van der Waals surface area contributed by atoms with Crippen molar-refractivity contribution >= 4 is 5.69 Å². The largest absolute Gasteiger partial charge is 0.394 e. The monoisotopic (exact) mass is 195 g/mol. The Morgan fingerprint density at radius 1 is 0.923 bits per heavy atom. The maximum absolute atomic E-state index is 12.3. The van der Waals surface area contributed by atoms with Gasteiger partial charge in [-0.1, -0.05) is 13.8 Å². The number of rotatable bonds is 0. The first kappa shape index (κ1) is 11.7. The third-order valence-corrected chi connectivity index (χ3v) is 1.15. The van der Waals surface area contributed by atoms with E-state index in [0.29, 0.717) is 0 Å². The summed E-state index contributed by atoms with van der Waals surface area (Å²) >= 11 is 0. The van der Waals surface area contributed by atoms with Crippen molar-refractivity contribution in [2.45, 2.75) is 13.8 Å². The zero-order chi connectivity index (χ0) is 10.6. The molecule has 0 bridgehead atoms. The first-order chi connectivity index (χ1) is 6.04. The molecule has 5 heteroatoms. The van der Waals surface area contributed by atoms with E-state index in [1.807, 2.05) is 13.8 Å². The third kappa shape index (κ3) is 2.34. The average Bonchev–Trinajstić information content (AvgIpc) is 2.15.